The van der Waals surface area contributed by atoms with Crippen LogP contribution in [0.4, 0.5) is 0 Å². The predicted molar refractivity (Wildman–Crippen MR) is 73.7 cm³/mol. The third-order valence-electron chi connectivity index (χ3n) is 2.51. The van der Waals surface area contributed by atoms with E-state index in [1.807, 2.05) is 0 Å². The number of ether oxygens (including phenoxy) is 1. The lowest BCUT2D eigenvalue weighted by molar-refractivity contribution is 0.306. The van der Waals surface area contributed by atoms with E-state index in [1.165, 1.54) is 11.1 Å². The van der Waals surface area contributed by atoms with Crippen LogP contribution in [0.15, 0.2) is 18.2 Å². The average Bonchev–Trinajstić information content (AvgIpc) is 2.21. The van der Waals surface area contributed by atoms with Crippen molar-refractivity contribution in [2.24, 2.45) is 5.92 Å². The van der Waals surface area contributed by atoms with Gasteiger partial charge in [-0.2, -0.15) is 0 Å². The number of hydrogen-bond donors (Lipinski definition) is 1. The molecule has 0 bridgehead atoms. The first kappa shape index (κ1) is 14.0. The molecule has 0 aromatic heterocycles. The molecule has 1 N–H and O–H groups in total. The van der Waals surface area contributed by atoms with Crippen LogP contribution in [0, 0.1) is 19.8 Å². The van der Waals surface area contributed by atoms with Crippen LogP contribution in [0.5, 0.6) is 5.75 Å². The molecule has 0 heterocycles. The smallest absolute Gasteiger partial charge is 0.119 e. The van der Waals surface area contributed by atoms with Crippen molar-refractivity contribution in [2.75, 3.05) is 19.7 Å². The molecule has 96 valence electrons. The standard InChI is InChI=1S/C15H25NO/c1-12(2)11-16-6-5-7-17-15-9-13(3)8-14(4)10-15/h8-10,12,16H,5-7,11H2,1-4H3. The predicted octanol–water partition coefficient (Wildman–Crippen LogP) is 3.32. The highest BCUT2D eigenvalue weighted by molar-refractivity contribution is 5.32. The van der Waals surface area contributed by atoms with Gasteiger partial charge in [0.1, 0.15) is 5.75 Å². The molecule has 0 unspecified atom stereocenters. The molecule has 0 radical (unpaired) electrons. The average molecular weight is 235 g/mol. The second-order valence-corrected chi connectivity index (χ2v) is 5.12. The monoisotopic (exact) mass is 235 g/mol. The SMILES string of the molecule is Cc1cc(C)cc(OCCCNCC(C)C)c1. The van der Waals surface area contributed by atoms with E-state index in [4.69, 9.17) is 4.74 Å². The second-order valence-electron chi connectivity index (χ2n) is 5.12. The number of aryl methyl sites for hydroxylation is 2. The molecule has 0 aliphatic heterocycles. The van der Waals surface area contributed by atoms with E-state index >= 15 is 0 Å². The van der Waals surface area contributed by atoms with E-state index in [1.54, 1.807) is 0 Å². The minimum Gasteiger partial charge on any atom is -0.494 e. The van der Waals surface area contributed by atoms with E-state index in [0.717, 1.165) is 37.8 Å². The van der Waals surface area contributed by atoms with Crippen LogP contribution in [0.1, 0.15) is 31.4 Å². The first-order valence-corrected chi connectivity index (χ1v) is 6.49. The molecule has 1 aromatic carbocycles. The molecule has 2 nitrogen and oxygen atoms in total. The van der Waals surface area contributed by atoms with E-state index in [9.17, 15) is 0 Å². The lowest BCUT2D eigenvalue weighted by atomic mass is 10.1. The summed E-state index contributed by atoms with van der Waals surface area (Å²) in [5.41, 5.74) is 2.52. The lowest BCUT2D eigenvalue weighted by Gasteiger charge is -2.09. The molecule has 0 aliphatic rings. The van der Waals surface area contributed by atoms with E-state index in [0.29, 0.717) is 0 Å². The Morgan fingerprint density at radius 2 is 1.76 bits per heavy atom. The van der Waals surface area contributed by atoms with E-state index in [2.05, 4.69) is 51.2 Å². The van der Waals surface area contributed by atoms with Gasteiger partial charge in [-0.3, -0.25) is 0 Å². The van der Waals surface area contributed by atoms with E-state index in [-0.39, 0.29) is 0 Å². The van der Waals surface area contributed by atoms with Crippen molar-refractivity contribution in [1.29, 1.82) is 0 Å². The molecule has 0 aliphatic carbocycles. The normalized spacial score (nSPS) is 10.9. The van der Waals surface area contributed by atoms with Crippen molar-refractivity contribution in [3.05, 3.63) is 29.3 Å². The van der Waals surface area contributed by atoms with Crippen molar-refractivity contribution < 1.29 is 4.74 Å². The molecule has 0 atom stereocenters. The van der Waals surface area contributed by atoms with Gasteiger partial charge in [-0.1, -0.05) is 19.9 Å². The molecule has 0 saturated carbocycles. The maximum Gasteiger partial charge on any atom is 0.119 e. The Morgan fingerprint density at radius 3 is 2.35 bits per heavy atom. The first-order valence-electron chi connectivity index (χ1n) is 6.49. The molecule has 0 fully saturated rings. The molecular formula is C15H25NO. The van der Waals surface area contributed by atoms with Crippen LogP contribution in [-0.2, 0) is 0 Å². The quantitative estimate of drug-likeness (QED) is 0.732. The molecule has 17 heavy (non-hydrogen) atoms. The third-order valence-corrected chi connectivity index (χ3v) is 2.51. The molecular weight excluding hydrogens is 210 g/mol. The number of nitrogens with one attached hydrogen (secondary N) is 1. The van der Waals surface area contributed by atoms with Gasteiger partial charge in [0.2, 0.25) is 0 Å². The van der Waals surface area contributed by atoms with Gasteiger partial charge in [0, 0.05) is 0 Å². The van der Waals surface area contributed by atoms with E-state index < -0.39 is 0 Å². The molecule has 1 aromatic rings. The van der Waals surface area contributed by atoms with Gasteiger partial charge in [-0.15, -0.1) is 0 Å². The van der Waals surface area contributed by atoms with Crippen LogP contribution in [0.2, 0.25) is 0 Å². The van der Waals surface area contributed by atoms with Crippen LogP contribution < -0.4 is 10.1 Å². The Morgan fingerprint density at radius 1 is 1.12 bits per heavy atom. The van der Waals surface area contributed by atoms with Gasteiger partial charge in [-0.05, 0) is 62.5 Å². The highest BCUT2D eigenvalue weighted by Gasteiger charge is 1.97. The zero-order chi connectivity index (χ0) is 12.7. The van der Waals surface area contributed by atoms with Crippen LogP contribution in [0.3, 0.4) is 0 Å². The molecule has 0 saturated heterocycles. The lowest BCUT2D eigenvalue weighted by Crippen LogP contribution is -2.22. The summed E-state index contributed by atoms with van der Waals surface area (Å²) < 4.78 is 5.73. The van der Waals surface area contributed by atoms with Crippen LogP contribution in [-0.4, -0.2) is 19.7 Å². The Bertz CT molecular complexity index is 313. The summed E-state index contributed by atoms with van der Waals surface area (Å²) in [5, 5.41) is 3.41. The number of benzene rings is 1. The fraction of sp³-hybridized carbons (Fsp3) is 0.600. The minimum atomic E-state index is 0.718. The largest absolute Gasteiger partial charge is 0.494 e. The topological polar surface area (TPSA) is 21.3 Å². The minimum absolute atomic E-state index is 0.718. The Hall–Kier alpha value is -1.02. The van der Waals surface area contributed by atoms with Gasteiger partial charge in [0.05, 0.1) is 6.61 Å². The summed E-state index contributed by atoms with van der Waals surface area (Å²) in [5.74, 6) is 1.71. The zero-order valence-corrected chi connectivity index (χ0v) is 11.5. The van der Waals surface area contributed by atoms with Gasteiger partial charge < -0.3 is 10.1 Å². The number of hydrogen-bond acceptors (Lipinski definition) is 2. The van der Waals surface area contributed by atoms with Crippen molar-refractivity contribution in [3.63, 3.8) is 0 Å². The Balaban J connectivity index is 2.18. The zero-order valence-electron chi connectivity index (χ0n) is 11.5. The number of rotatable bonds is 7. The van der Waals surface area contributed by atoms with Crippen LogP contribution >= 0.6 is 0 Å². The van der Waals surface area contributed by atoms with Gasteiger partial charge in [0.25, 0.3) is 0 Å². The van der Waals surface area contributed by atoms with Gasteiger partial charge >= 0.3 is 0 Å². The molecule has 0 amide bonds. The summed E-state index contributed by atoms with van der Waals surface area (Å²) in [6.45, 7) is 11.5. The fourth-order valence-electron chi connectivity index (χ4n) is 1.79. The molecule has 0 spiro atoms. The summed E-state index contributed by atoms with van der Waals surface area (Å²) in [7, 11) is 0. The van der Waals surface area contributed by atoms with Gasteiger partial charge in [0.15, 0.2) is 0 Å². The summed E-state index contributed by atoms with van der Waals surface area (Å²) in [6, 6.07) is 6.35. The first-order chi connectivity index (χ1) is 8.08. The molecule has 1 rings (SSSR count). The van der Waals surface area contributed by atoms with Crippen molar-refractivity contribution in [3.8, 4) is 5.75 Å². The van der Waals surface area contributed by atoms with Crippen molar-refractivity contribution in [2.45, 2.75) is 34.1 Å². The fourth-order valence-corrected chi connectivity index (χ4v) is 1.79. The second kappa shape index (κ2) is 7.33. The molecule has 2 heteroatoms. The van der Waals surface area contributed by atoms with Crippen molar-refractivity contribution in [1.82, 2.24) is 5.32 Å². The Labute approximate surface area is 105 Å². The highest BCUT2D eigenvalue weighted by atomic mass is 16.5. The van der Waals surface area contributed by atoms with Crippen LogP contribution in [0.25, 0.3) is 0 Å². The third kappa shape index (κ3) is 6.32. The van der Waals surface area contributed by atoms with Gasteiger partial charge in [-0.25, -0.2) is 0 Å². The maximum atomic E-state index is 5.73. The Kier molecular flexibility index (Phi) is 6.06. The van der Waals surface area contributed by atoms with Crippen molar-refractivity contribution >= 4 is 0 Å². The highest BCUT2D eigenvalue weighted by Crippen LogP contribution is 2.16. The summed E-state index contributed by atoms with van der Waals surface area (Å²) >= 11 is 0. The summed E-state index contributed by atoms with van der Waals surface area (Å²) in [4.78, 5) is 0. The summed E-state index contributed by atoms with van der Waals surface area (Å²) in [6.07, 6.45) is 1.06. The maximum absolute atomic E-state index is 5.73.